The molecule has 110 valence electrons. The van der Waals surface area contributed by atoms with E-state index in [1.165, 1.54) is 0 Å². The zero-order valence-electron chi connectivity index (χ0n) is 13.5. The van der Waals surface area contributed by atoms with Gasteiger partial charge in [-0.1, -0.05) is 17.8 Å². The smallest absolute Gasteiger partial charge is 0.357 e. The van der Waals surface area contributed by atoms with Crippen molar-refractivity contribution in [2.24, 2.45) is 0 Å². The van der Waals surface area contributed by atoms with Gasteiger partial charge in [-0.15, -0.1) is 19.3 Å². The van der Waals surface area contributed by atoms with Crippen molar-refractivity contribution < 1.29 is 13.3 Å². The molecule has 0 aliphatic rings. The minimum atomic E-state index is -3.15. The van der Waals surface area contributed by atoms with Crippen molar-refractivity contribution in [2.45, 2.75) is 64.9 Å². The summed E-state index contributed by atoms with van der Waals surface area (Å²) in [5.74, 6) is 7.66. The second-order valence-electron chi connectivity index (χ2n) is 6.13. The van der Waals surface area contributed by atoms with Crippen LogP contribution in [0.1, 0.15) is 41.5 Å². The molecule has 0 atom stereocenters. The summed E-state index contributed by atoms with van der Waals surface area (Å²) in [6, 6.07) is 0. The molecule has 0 aliphatic carbocycles. The van der Waals surface area contributed by atoms with Gasteiger partial charge >= 0.3 is 8.80 Å². The van der Waals surface area contributed by atoms with Gasteiger partial charge < -0.3 is 13.3 Å². The lowest BCUT2D eigenvalue weighted by molar-refractivity contribution is -0.0424. The van der Waals surface area contributed by atoms with Crippen molar-refractivity contribution in [3.8, 4) is 37.0 Å². The molecule has 0 heterocycles. The zero-order chi connectivity index (χ0) is 16.2. The molecule has 3 nitrogen and oxygen atoms in total. The van der Waals surface area contributed by atoms with Crippen molar-refractivity contribution in [1.29, 1.82) is 0 Å². The van der Waals surface area contributed by atoms with E-state index in [0.717, 1.165) is 0 Å². The molecule has 0 amide bonds. The van der Waals surface area contributed by atoms with Gasteiger partial charge in [-0.2, -0.15) is 0 Å². The van der Waals surface area contributed by atoms with E-state index in [4.69, 9.17) is 32.5 Å². The number of terminal acetylenes is 3. The molecule has 0 aromatic carbocycles. The number of rotatable bonds is 6. The predicted molar refractivity (Wildman–Crippen MR) is 83.6 cm³/mol. The van der Waals surface area contributed by atoms with Gasteiger partial charge in [-0.05, 0) is 41.5 Å². The fraction of sp³-hybridized carbons (Fsp3) is 0.625. The first-order valence-electron chi connectivity index (χ1n) is 6.34. The Morgan fingerprint density at radius 2 is 0.850 bits per heavy atom. The Balaban J connectivity index is 5.43. The molecule has 0 aromatic heterocycles. The summed E-state index contributed by atoms with van der Waals surface area (Å²) in [4.78, 5) is 0. The van der Waals surface area contributed by atoms with Crippen LogP contribution in [0.5, 0.6) is 0 Å². The number of hydrogen-bond acceptors (Lipinski definition) is 3. The standard InChI is InChI=1S/C16H24O3Si/c1-11-14(4,5)17-20(10,18-15(6,7)12-2)19-16(8,9)13-3/h1-3H,4-10H3. The highest BCUT2D eigenvalue weighted by Gasteiger charge is 2.47. The molecule has 0 spiro atoms. The zero-order valence-corrected chi connectivity index (χ0v) is 14.5. The van der Waals surface area contributed by atoms with E-state index in [9.17, 15) is 0 Å². The van der Waals surface area contributed by atoms with Crippen LogP contribution in [0.2, 0.25) is 6.55 Å². The van der Waals surface area contributed by atoms with E-state index in [1.807, 2.05) is 0 Å². The average Bonchev–Trinajstić information content (AvgIpc) is 2.26. The Kier molecular flexibility index (Phi) is 5.67. The van der Waals surface area contributed by atoms with Crippen molar-refractivity contribution in [1.82, 2.24) is 0 Å². The molecule has 0 unspecified atom stereocenters. The Morgan fingerprint density at radius 1 is 0.650 bits per heavy atom. The van der Waals surface area contributed by atoms with Gasteiger partial charge in [-0.25, -0.2) is 0 Å². The number of hydrogen-bond donors (Lipinski definition) is 0. The van der Waals surface area contributed by atoms with Crippen LogP contribution in [0.4, 0.5) is 0 Å². The summed E-state index contributed by atoms with van der Waals surface area (Å²) in [5, 5.41) is 0. The van der Waals surface area contributed by atoms with Crippen LogP contribution < -0.4 is 0 Å². The quantitative estimate of drug-likeness (QED) is 0.556. The van der Waals surface area contributed by atoms with Crippen LogP contribution >= 0.6 is 0 Å². The molecule has 0 aliphatic heterocycles. The van der Waals surface area contributed by atoms with Crippen LogP contribution in [0, 0.1) is 37.0 Å². The minimum Gasteiger partial charge on any atom is -0.357 e. The summed E-state index contributed by atoms with van der Waals surface area (Å²) in [7, 11) is -3.15. The lowest BCUT2D eigenvalue weighted by Gasteiger charge is -2.39. The molecule has 0 bridgehead atoms. The maximum atomic E-state index is 5.92. The van der Waals surface area contributed by atoms with Crippen LogP contribution in [0.3, 0.4) is 0 Å². The molecule has 20 heavy (non-hydrogen) atoms. The second kappa shape index (κ2) is 6.04. The summed E-state index contributed by atoms with van der Waals surface area (Å²) in [5.41, 5.74) is -2.51. The third-order valence-corrected chi connectivity index (χ3v) is 5.01. The molecule has 0 saturated carbocycles. The van der Waals surface area contributed by atoms with E-state index in [-0.39, 0.29) is 0 Å². The lowest BCUT2D eigenvalue weighted by atomic mass is 10.2. The summed E-state index contributed by atoms with van der Waals surface area (Å²) in [6.07, 6.45) is 16.4. The SMILES string of the molecule is C#CC(C)(C)O[Si](C)(OC(C)(C)C#C)OC(C)(C)C#C. The van der Waals surface area contributed by atoms with Gasteiger partial charge in [0.2, 0.25) is 0 Å². The van der Waals surface area contributed by atoms with Gasteiger partial charge in [0.15, 0.2) is 0 Å². The van der Waals surface area contributed by atoms with Gasteiger partial charge in [0.05, 0.1) is 0 Å². The van der Waals surface area contributed by atoms with E-state index in [1.54, 1.807) is 48.1 Å². The maximum absolute atomic E-state index is 5.92. The van der Waals surface area contributed by atoms with E-state index < -0.39 is 25.6 Å². The van der Waals surface area contributed by atoms with Gasteiger partial charge in [0.1, 0.15) is 16.8 Å². The van der Waals surface area contributed by atoms with Gasteiger partial charge in [-0.3, -0.25) is 0 Å². The molecule has 0 N–H and O–H groups in total. The van der Waals surface area contributed by atoms with E-state index in [0.29, 0.717) is 0 Å². The molecule has 0 aromatic rings. The Hall–Kier alpha value is -1.22. The van der Waals surface area contributed by atoms with Crippen molar-refractivity contribution in [2.75, 3.05) is 0 Å². The van der Waals surface area contributed by atoms with Crippen LogP contribution in [-0.2, 0) is 13.3 Å². The van der Waals surface area contributed by atoms with Crippen molar-refractivity contribution in [3.05, 3.63) is 0 Å². The Bertz CT molecular complexity index is 400. The van der Waals surface area contributed by atoms with E-state index in [2.05, 4.69) is 17.8 Å². The molecule has 4 heteroatoms. The fourth-order valence-corrected chi connectivity index (χ4v) is 4.62. The fourth-order valence-electron chi connectivity index (χ4n) is 1.54. The highest BCUT2D eigenvalue weighted by atomic mass is 28.4. The van der Waals surface area contributed by atoms with Gasteiger partial charge in [0, 0.05) is 6.55 Å². The summed E-state index contributed by atoms with van der Waals surface area (Å²) in [6.45, 7) is 12.3. The Labute approximate surface area is 124 Å². The van der Waals surface area contributed by atoms with Crippen LogP contribution in [0.15, 0.2) is 0 Å². The predicted octanol–water partition coefficient (Wildman–Crippen LogP) is 2.84. The largest absolute Gasteiger partial charge is 0.501 e. The minimum absolute atomic E-state index is 0.837. The Morgan fingerprint density at radius 3 is 1.00 bits per heavy atom. The monoisotopic (exact) mass is 292 g/mol. The molecule has 0 rings (SSSR count). The first-order valence-corrected chi connectivity index (χ1v) is 8.57. The van der Waals surface area contributed by atoms with Crippen LogP contribution in [-0.4, -0.2) is 25.6 Å². The first-order chi connectivity index (χ1) is 8.80. The summed E-state index contributed by atoms with van der Waals surface area (Å²) >= 11 is 0. The normalized spacial score (nSPS) is 13.2. The lowest BCUT2D eigenvalue weighted by Crippen LogP contribution is -2.55. The van der Waals surface area contributed by atoms with Gasteiger partial charge in [0.25, 0.3) is 0 Å². The average molecular weight is 292 g/mol. The van der Waals surface area contributed by atoms with E-state index >= 15 is 0 Å². The molecular formula is C16H24O3Si. The second-order valence-corrected chi connectivity index (χ2v) is 8.47. The van der Waals surface area contributed by atoms with Crippen LogP contribution in [0.25, 0.3) is 0 Å². The first kappa shape index (κ1) is 18.8. The molecule has 0 fully saturated rings. The highest BCUT2D eigenvalue weighted by Crippen LogP contribution is 2.28. The maximum Gasteiger partial charge on any atom is 0.501 e. The molecule has 0 radical (unpaired) electrons. The molecule has 0 saturated heterocycles. The topological polar surface area (TPSA) is 27.7 Å². The highest BCUT2D eigenvalue weighted by molar-refractivity contribution is 6.59. The van der Waals surface area contributed by atoms with Crippen molar-refractivity contribution in [3.63, 3.8) is 0 Å². The third kappa shape index (κ3) is 6.28. The summed E-state index contributed by atoms with van der Waals surface area (Å²) < 4.78 is 17.8. The third-order valence-electron chi connectivity index (χ3n) is 2.36. The molecular weight excluding hydrogens is 268 g/mol. The van der Waals surface area contributed by atoms with Crippen molar-refractivity contribution >= 4 is 8.80 Å².